The standard InChI is InChI=1S/C17H16BrNO2/c1-10-7-12(18)8-11(2)16(10)19-17(20)14-9-21-15-6-4-3-5-13(14)15/h3-8,14H,9H2,1-2H3,(H,19,20). The van der Waals surface area contributed by atoms with E-state index >= 15 is 0 Å². The van der Waals surface area contributed by atoms with Crippen LogP contribution in [0.4, 0.5) is 5.69 Å². The maximum absolute atomic E-state index is 12.6. The van der Waals surface area contributed by atoms with Gasteiger partial charge in [-0.25, -0.2) is 0 Å². The Morgan fingerprint density at radius 2 is 1.90 bits per heavy atom. The van der Waals surface area contributed by atoms with E-state index in [1.54, 1.807) is 0 Å². The molecule has 0 aromatic heterocycles. The highest BCUT2D eigenvalue weighted by molar-refractivity contribution is 9.10. The molecule has 1 amide bonds. The van der Waals surface area contributed by atoms with Crippen LogP contribution in [0, 0.1) is 13.8 Å². The molecule has 0 fully saturated rings. The van der Waals surface area contributed by atoms with E-state index in [-0.39, 0.29) is 11.8 Å². The topological polar surface area (TPSA) is 38.3 Å². The summed E-state index contributed by atoms with van der Waals surface area (Å²) in [5.41, 5.74) is 3.93. The van der Waals surface area contributed by atoms with Gasteiger partial charge in [0.2, 0.25) is 5.91 Å². The number of halogens is 1. The van der Waals surface area contributed by atoms with Crippen LogP contribution in [0.15, 0.2) is 40.9 Å². The number of benzene rings is 2. The molecule has 1 aliphatic rings. The maximum Gasteiger partial charge on any atom is 0.235 e. The van der Waals surface area contributed by atoms with Crippen LogP contribution < -0.4 is 10.1 Å². The van der Waals surface area contributed by atoms with E-state index in [1.807, 2.05) is 50.2 Å². The van der Waals surface area contributed by atoms with Crippen LogP contribution in [0.3, 0.4) is 0 Å². The second-order valence-electron chi connectivity index (χ2n) is 5.31. The number of ether oxygens (including phenoxy) is 1. The number of carbonyl (C=O) groups is 1. The zero-order chi connectivity index (χ0) is 15.0. The van der Waals surface area contributed by atoms with Crippen LogP contribution >= 0.6 is 15.9 Å². The zero-order valence-electron chi connectivity index (χ0n) is 11.9. The lowest BCUT2D eigenvalue weighted by atomic mass is 10.00. The van der Waals surface area contributed by atoms with Gasteiger partial charge >= 0.3 is 0 Å². The lowest BCUT2D eigenvalue weighted by Gasteiger charge is -2.15. The predicted molar refractivity (Wildman–Crippen MR) is 86.9 cm³/mol. The van der Waals surface area contributed by atoms with Gasteiger partial charge in [-0.3, -0.25) is 4.79 Å². The highest BCUT2D eigenvalue weighted by Gasteiger charge is 2.30. The lowest BCUT2D eigenvalue weighted by Crippen LogP contribution is -2.23. The Morgan fingerprint density at radius 3 is 2.62 bits per heavy atom. The summed E-state index contributed by atoms with van der Waals surface area (Å²) in [4.78, 5) is 12.6. The van der Waals surface area contributed by atoms with Gasteiger partial charge in [-0.05, 0) is 43.2 Å². The molecular weight excluding hydrogens is 330 g/mol. The summed E-state index contributed by atoms with van der Waals surface area (Å²) in [7, 11) is 0. The molecule has 1 heterocycles. The van der Waals surface area contributed by atoms with E-state index in [2.05, 4.69) is 21.2 Å². The molecule has 0 aliphatic carbocycles. The molecule has 0 radical (unpaired) electrons. The number of carbonyl (C=O) groups excluding carboxylic acids is 1. The second-order valence-corrected chi connectivity index (χ2v) is 6.22. The SMILES string of the molecule is Cc1cc(Br)cc(C)c1NC(=O)C1COc2ccccc21. The molecule has 3 nitrogen and oxygen atoms in total. The van der Waals surface area contributed by atoms with Gasteiger partial charge in [0, 0.05) is 15.7 Å². The average molecular weight is 346 g/mol. The van der Waals surface area contributed by atoms with Crippen molar-refractivity contribution in [3.8, 4) is 5.75 Å². The second kappa shape index (κ2) is 5.53. The molecular formula is C17H16BrNO2. The predicted octanol–water partition coefficient (Wildman–Crippen LogP) is 4.18. The fourth-order valence-electron chi connectivity index (χ4n) is 2.70. The van der Waals surface area contributed by atoms with Gasteiger partial charge in [-0.2, -0.15) is 0 Å². The minimum absolute atomic E-state index is 0.0199. The Kier molecular flexibility index (Phi) is 3.72. The first-order valence-electron chi connectivity index (χ1n) is 6.85. The highest BCUT2D eigenvalue weighted by Crippen LogP contribution is 2.35. The summed E-state index contributed by atoms with van der Waals surface area (Å²) in [6, 6.07) is 11.7. The van der Waals surface area contributed by atoms with E-state index in [0.29, 0.717) is 6.61 Å². The molecule has 21 heavy (non-hydrogen) atoms. The number of nitrogens with one attached hydrogen (secondary N) is 1. The third-order valence-electron chi connectivity index (χ3n) is 3.76. The Bertz CT molecular complexity index is 689. The average Bonchev–Trinajstić information content (AvgIpc) is 2.86. The van der Waals surface area contributed by atoms with Crippen molar-refractivity contribution in [2.24, 2.45) is 0 Å². The smallest absolute Gasteiger partial charge is 0.235 e. The monoisotopic (exact) mass is 345 g/mol. The van der Waals surface area contributed by atoms with Crippen molar-refractivity contribution < 1.29 is 9.53 Å². The summed E-state index contributed by atoms with van der Waals surface area (Å²) in [5.74, 6) is 0.541. The fraction of sp³-hybridized carbons (Fsp3) is 0.235. The molecule has 4 heteroatoms. The van der Waals surface area contributed by atoms with Crippen molar-refractivity contribution in [2.75, 3.05) is 11.9 Å². The summed E-state index contributed by atoms with van der Waals surface area (Å²) < 4.78 is 6.60. The molecule has 108 valence electrons. The molecule has 0 spiro atoms. The minimum Gasteiger partial charge on any atom is -0.492 e. The highest BCUT2D eigenvalue weighted by atomic mass is 79.9. The Balaban J connectivity index is 1.86. The molecule has 1 N–H and O–H groups in total. The Morgan fingerprint density at radius 1 is 1.24 bits per heavy atom. The molecule has 1 atom stereocenters. The van der Waals surface area contributed by atoms with Gasteiger partial charge < -0.3 is 10.1 Å². The number of amides is 1. The molecule has 0 saturated heterocycles. The van der Waals surface area contributed by atoms with Gasteiger partial charge in [0.15, 0.2) is 0 Å². The van der Waals surface area contributed by atoms with Crippen molar-refractivity contribution in [1.29, 1.82) is 0 Å². The number of fused-ring (bicyclic) bond motifs is 1. The van der Waals surface area contributed by atoms with Gasteiger partial charge in [0.25, 0.3) is 0 Å². The number of anilines is 1. The van der Waals surface area contributed by atoms with Gasteiger partial charge in [0.05, 0.1) is 0 Å². The number of hydrogen-bond acceptors (Lipinski definition) is 2. The van der Waals surface area contributed by atoms with E-state index in [1.165, 1.54) is 0 Å². The summed E-state index contributed by atoms with van der Waals surface area (Å²) in [5, 5.41) is 3.05. The van der Waals surface area contributed by atoms with Crippen molar-refractivity contribution in [1.82, 2.24) is 0 Å². The van der Waals surface area contributed by atoms with Crippen LogP contribution in [-0.4, -0.2) is 12.5 Å². The number of aryl methyl sites for hydroxylation is 2. The normalized spacial score (nSPS) is 16.2. The van der Waals surface area contributed by atoms with E-state index in [4.69, 9.17) is 4.74 Å². The van der Waals surface area contributed by atoms with Gasteiger partial charge in [-0.15, -0.1) is 0 Å². The fourth-order valence-corrected chi connectivity index (χ4v) is 3.38. The Hall–Kier alpha value is -1.81. The van der Waals surface area contributed by atoms with E-state index < -0.39 is 0 Å². The minimum atomic E-state index is -0.247. The maximum atomic E-state index is 12.6. The number of rotatable bonds is 2. The zero-order valence-corrected chi connectivity index (χ0v) is 13.5. The first-order valence-corrected chi connectivity index (χ1v) is 7.65. The molecule has 1 unspecified atom stereocenters. The first-order chi connectivity index (χ1) is 10.1. The summed E-state index contributed by atoms with van der Waals surface area (Å²) in [6.07, 6.45) is 0. The van der Waals surface area contributed by atoms with E-state index in [0.717, 1.165) is 32.6 Å². The molecule has 2 aromatic carbocycles. The third kappa shape index (κ3) is 2.68. The van der Waals surface area contributed by atoms with Crippen LogP contribution in [0.5, 0.6) is 5.75 Å². The van der Waals surface area contributed by atoms with Crippen molar-refractivity contribution in [2.45, 2.75) is 19.8 Å². The largest absolute Gasteiger partial charge is 0.492 e. The lowest BCUT2D eigenvalue weighted by molar-refractivity contribution is -0.117. The third-order valence-corrected chi connectivity index (χ3v) is 4.22. The van der Waals surface area contributed by atoms with Crippen LogP contribution in [0.25, 0.3) is 0 Å². The summed E-state index contributed by atoms with van der Waals surface area (Å²) in [6.45, 7) is 4.39. The number of hydrogen-bond donors (Lipinski definition) is 1. The van der Waals surface area contributed by atoms with Crippen molar-refractivity contribution >= 4 is 27.5 Å². The van der Waals surface area contributed by atoms with Crippen LogP contribution in [0.1, 0.15) is 22.6 Å². The van der Waals surface area contributed by atoms with E-state index in [9.17, 15) is 4.79 Å². The summed E-state index contributed by atoms with van der Waals surface area (Å²) >= 11 is 3.47. The van der Waals surface area contributed by atoms with Gasteiger partial charge in [0.1, 0.15) is 18.3 Å². The molecule has 2 aromatic rings. The quantitative estimate of drug-likeness (QED) is 0.886. The van der Waals surface area contributed by atoms with Crippen molar-refractivity contribution in [3.05, 3.63) is 57.6 Å². The molecule has 1 aliphatic heterocycles. The number of para-hydroxylation sites is 1. The Labute approximate surface area is 132 Å². The van der Waals surface area contributed by atoms with Gasteiger partial charge in [-0.1, -0.05) is 34.1 Å². The molecule has 0 bridgehead atoms. The molecule has 0 saturated carbocycles. The van der Waals surface area contributed by atoms with Crippen LogP contribution in [0.2, 0.25) is 0 Å². The first kappa shape index (κ1) is 14.1. The molecule has 3 rings (SSSR count). The van der Waals surface area contributed by atoms with Crippen LogP contribution in [-0.2, 0) is 4.79 Å². The van der Waals surface area contributed by atoms with Crippen molar-refractivity contribution in [3.63, 3.8) is 0 Å².